The zero-order chi connectivity index (χ0) is 15.7. The van der Waals surface area contributed by atoms with Gasteiger partial charge in [0, 0.05) is 0 Å². The fourth-order valence-electron chi connectivity index (χ4n) is 1.54. The van der Waals surface area contributed by atoms with Gasteiger partial charge in [0.25, 0.3) is 5.91 Å². The van der Waals surface area contributed by atoms with E-state index in [2.05, 4.69) is 10.3 Å². The number of aromatic nitrogens is 1. The lowest BCUT2D eigenvalue weighted by molar-refractivity contribution is 0.102. The van der Waals surface area contributed by atoms with E-state index in [0.29, 0.717) is 0 Å². The maximum Gasteiger partial charge on any atom is 0.276 e. The number of benzene rings is 1. The smallest absolute Gasteiger partial charge is 0.276 e. The molecule has 0 saturated carbocycles. The average Bonchev–Trinajstić information content (AvgIpc) is 2.43. The summed E-state index contributed by atoms with van der Waals surface area (Å²) in [5.74, 6) is -1.33. The number of rotatable bonds is 2. The van der Waals surface area contributed by atoms with Gasteiger partial charge in [-0.3, -0.25) is 4.79 Å². The maximum absolute atomic E-state index is 13.7. The number of nitrogens with zero attached hydrogens (tertiary/aromatic N) is 1. The first kappa shape index (κ1) is 16.3. The molecule has 0 aliphatic rings. The summed E-state index contributed by atoms with van der Waals surface area (Å²) in [6.07, 6.45) is 0. The minimum absolute atomic E-state index is 0.00865. The molecule has 0 spiro atoms. The molecule has 1 amide bonds. The van der Waals surface area contributed by atoms with Gasteiger partial charge in [-0.2, -0.15) is 0 Å². The number of carbonyl (C=O) groups excluding carboxylic acids is 1. The highest BCUT2D eigenvalue weighted by Crippen LogP contribution is 2.36. The van der Waals surface area contributed by atoms with Crippen LogP contribution in [0.5, 0.6) is 0 Å². The van der Waals surface area contributed by atoms with E-state index in [-0.39, 0.29) is 31.6 Å². The van der Waals surface area contributed by atoms with Crippen molar-refractivity contribution in [3.63, 3.8) is 0 Å². The molecular formula is C13H7Cl4FN2O. The Kier molecular flexibility index (Phi) is 4.94. The second kappa shape index (κ2) is 6.36. The Balaban J connectivity index is 2.37. The number of carbonyl (C=O) groups is 1. The first-order valence-corrected chi connectivity index (χ1v) is 7.10. The van der Waals surface area contributed by atoms with Crippen molar-refractivity contribution in [2.45, 2.75) is 6.92 Å². The third-order valence-corrected chi connectivity index (χ3v) is 4.25. The third kappa shape index (κ3) is 3.40. The normalized spacial score (nSPS) is 10.6. The van der Waals surface area contributed by atoms with Crippen LogP contribution in [0.3, 0.4) is 0 Å². The van der Waals surface area contributed by atoms with E-state index in [1.54, 1.807) is 13.0 Å². The Bertz CT molecular complexity index is 737. The molecule has 2 rings (SSSR count). The van der Waals surface area contributed by atoms with E-state index in [0.717, 1.165) is 5.56 Å². The highest BCUT2D eigenvalue weighted by Gasteiger charge is 2.21. The van der Waals surface area contributed by atoms with E-state index < -0.39 is 11.7 Å². The molecular weight excluding hydrogens is 361 g/mol. The molecule has 21 heavy (non-hydrogen) atoms. The van der Waals surface area contributed by atoms with Crippen molar-refractivity contribution in [1.82, 2.24) is 4.98 Å². The monoisotopic (exact) mass is 366 g/mol. The Labute approximate surface area is 140 Å². The highest BCUT2D eigenvalue weighted by molar-refractivity contribution is 6.52. The standard InChI is InChI=1S/C13H7Cl4FN2O/c1-5-2-3-7(6(18)4-5)19-13(21)11-9(15)8(14)10(16)12(17)20-11/h2-4H,1H3,(H,19,21). The molecule has 110 valence electrons. The lowest BCUT2D eigenvalue weighted by Crippen LogP contribution is -2.15. The van der Waals surface area contributed by atoms with E-state index >= 15 is 0 Å². The van der Waals surface area contributed by atoms with Crippen LogP contribution in [0.1, 0.15) is 16.1 Å². The summed E-state index contributed by atoms with van der Waals surface area (Å²) in [7, 11) is 0. The van der Waals surface area contributed by atoms with Crippen molar-refractivity contribution in [3.05, 3.63) is 55.5 Å². The highest BCUT2D eigenvalue weighted by atomic mass is 35.5. The summed E-state index contributed by atoms with van der Waals surface area (Å²) in [4.78, 5) is 15.9. The molecule has 0 aliphatic heterocycles. The Morgan fingerprint density at radius 1 is 1.14 bits per heavy atom. The lowest BCUT2D eigenvalue weighted by Gasteiger charge is -2.10. The Morgan fingerprint density at radius 2 is 1.81 bits per heavy atom. The summed E-state index contributed by atoms with van der Waals surface area (Å²) in [6, 6.07) is 4.36. The van der Waals surface area contributed by atoms with Crippen molar-refractivity contribution in [3.8, 4) is 0 Å². The number of amides is 1. The van der Waals surface area contributed by atoms with Crippen LogP contribution in [0.25, 0.3) is 0 Å². The SMILES string of the molecule is Cc1ccc(NC(=O)c2nc(Cl)c(Cl)c(Cl)c2Cl)c(F)c1. The van der Waals surface area contributed by atoms with Crippen molar-refractivity contribution in [2.75, 3.05) is 5.32 Å². The summed E-state index contributed by atoms with van der Waals surface area (Å²) in [5, 5.41) is 1.88. The molecule has 0 atom stereocenters. The van der Waals surface area contributed by atoms with Gasteiger partial charge in [-0.15, -0.1) is 0 Å². The van der Waals surface area contributed by atoms with Gasteiger partial charge in [0.05, 0.1) is 20.8 Å². The predicted molar refractivity (Wildman–Crippen MR) is 83.4 cm³/mol. The number of aryl methyl sites for hydroxylation is 1. The molecule has 3 nitrogen and oxygen atoms in total. The maximum atomic E-state index is 13.7. The van der Waals surface area contributed by atoms with Crippen LogP contribution >= 0.6 is 46.4 Å². The number of halogens is 5. The fraction of sp³-hybridized carbons (Fsp3) is 0.0769. The van der Waals surface area contributed by atoms with Crippen LogP contribution in [0.2, 0.25) is 20.2 Å². The van der Waals surface area contributed by atoms with Crippen molar-refractivity contribution < 1.29 is 9.18 Å². The molecule has 1 aromatic carbocycles. The number of nitrogens with one attached hydrogen (secondary N) is 1. The van der Waals surface area contributed by atoms with Crippen LogP contribution in [0, 0.1) is 12.7 Å². The largest absolute Gasteiger partial charge is 0.318 e. The number of hydrogen-bond acceptors (Lipinski definition) is 2. The summed E-state index contributed by atoms with van der Waals surface area (Å²) in [6.45, 7) is 1.73. The van der Waals surface area contributed by atoms with Crippen molar-refractivity contribution in [2.24, 2.45) is 0 Å². The van der Waals surface area contributed by atoms with E-state index in [4.69, 9.17) is 46.4 Å². The lowest BCUT2D eigenvalue weighted by atomic mass is 10.2. The van der Waals surface area contributed by atoms with E-state index in [9.17, 15) is 9.18 Å². The number of pyridine rings is 1. The van der Waals surface area contributed by atoms with Crippen LogP contribution < -0.4 is 5.32 Å². The van der Waals surface area contributed by atoms with Gasteiger partial charge in [-0.1, -0.05) is 52.5 Å². The third-order valence-electron chi connectivity index (χ3n) is 2.57. The van der Waals surface area contributed by atoms with E-state index in [1.165, 1.54) is 12.1 Å². The molecule has 0 fully saturated rings. The van der Waals surface area contributed by atoms with Crippen LogP contribution in [-0.4, -0.2) is 10.9 Å². The molecule has 0 aliphatic carbocycles. The second-order valence-electron chi connectivity index (χ2n) is 4.13. The summed E-state index contributed by atoms with van der Waals surface area (Å²) < 4.78 is 13.7. The molecule has 0 bridgehead atoms. The van der Waals surface area contributed by atoms with Gasteiger partial charge < -0.3 is 5.32 Å². The average molecular weight is 368 g/mol. The summed E-state index contributed by atoms with van der Waals surface area (Å²) >= 11 is 23.3. The molecule has 1 aromatic heterocycles. The summed E-state index contributed by atoms with van der Waals surface area (Å²) in [5.41, 5.74) is 0.473. The molecule has 2 aromatic rings. The minimum Gasteiger partial charge on any atom is -0.318 e. The zero-order valence-electron chi connectivity index (χ0n) is 10.5. The van der Waals surface area contributed by atoms with Crippen LogP contribution in [0.15, 0.2) is 18.2 Å². The zero-order valence-corrected chi connectivity index (χ0v) is 13.5. The van der Waals surface area contributed by atoms with Gasteiger partial charge in [-0.05, 0) is 24.6 Å². The number of anilines is 1. The first-order valence-electron chi connectivity index (χ1n) is 5.58. The molecule has 1 N–H and O–H groups in total. The fourth-order valence-corrected chi connectivity index (χ4v) is 2.35. The van der Waals surface area contributed by atoms with Gasteiger partial charge in [0.15, 0.2) is 0 Å². The molecule has 0 radical (unpaired) electrons. The first-order chi connectivity index (χ1) is 9.81. The topological polar surface area (TPSA) is 42.0 Å². The Morgan fingerprint density at radius 3 is 2.43 bits per heavy atom. The van der Waals surface area contributed by atoms with Crippen LogP contribution in [-0.2, 0) is 0 Å². The predicted octanol–water partition coefficient (Wildman–Crippen LogP) is 5.40. The van der Waals surface area contributed by atoms with E-state index in [1.807, 2.05) is 0 Å². The number of hydrogen-bond donors (Lipinski definition) is 1. The quantitative estimate of drug-likeness (QED) is 0.722. The van der Waals surface area contributed by atoms with Gasteiger partial charge in [-0.25, -0.2) is 9.37 Å². The van der Waals surface area contributed by atoms with Gasteiger partial charge in [0.1, 0.15) is 16.7 Å². The molecule has 0 saturated heterocycles. The van der Waals surface area contributed by atoms with Gasteiger partial charge in [0.2, 0.25) is 0 Å². The van der Waals surface area contributed by atoms with Crippen molar-refractivity contribution >= 4 is 58.0 Å². The molecule has 8 heteroatoms. The molecule has 1 heterocycles. The van der Waals surface area contributed by atoms with Crippen molar-refractivity contribution in [1.29, 1.82) is 0 Å². The Hall–Kier alpha value is -1.07. The minimum atomic E-state index is -0.747. The van der Waals surface area contributed by atoms with Gasteiger partial charge >= 0.3 is 0 Å². The molecule has 0 unspecified atom stereocenters. The van der Waals surface area contributed by atoms with Crippen LogP contribution in [0.4, 0.5) is 10.1 Å². The second-order valence-corrected chi connectivity index (χ2v) is 5.62.